The molecule has 0 spiro atoms. The monoisotopic (exact) mass is 558 g/mol. The number of hydrogen-bond acceptors (Lipinski definition) is 5. The maximum absolute atomic E-state index is 14.1. The quantitative estimate of drug-likeness (QED) is 0.230. The lowest BCUT2D eigenvalue weighted by molar-refractivity contribution is 0.0960. The van der Waals surface area contributed by atoms with E-state index in [4.69, 9.17) is 0 Å². The van der Waals surface area contributed by atoms with Crippen LogP contribution < -0.4 is 4.72 Å². The number of allylic oxidation sites excluding steroid dienone is 1. The second kappa shape index (κ2) is 12.0. The van der Waals surface area contributed by atoms with Crippen molar-refractivity contribution in [2.45, 2.75) is 51.6 Å². The Balaban J connectivity index is 1.27. The first kappa shape index (κ1) is 28.1. The minimum atomic E-state index is -0.773. The summed E-state index contributed by atoms with van der Waals surface area (Å²) in [5.74, 6) is -1.53. The average Bonchev–Trinajstić information content (AvgIpc) is 2.95. The van der Waals surface area contributed by atoms with Gasteiger partial charge in [-0.05, 0) is 93.6 Å². The van der Waals surface area contributed by atoms with Crippen molar-refractivity contribution in [1.29, 1.82) is 0 Å². The molecule has 208 valence electrons. The molecule has 2 unspecified atom stereocenters. The van der Waals surface area contributed by atoms with Crippen LogP contribution in [0.3, 0.4) is 0 Å². The fourth-order valence-electron chi connectivity index (χ4n) is 5.59. The fourth-order valence-corrected chi connectivity index (χ4v) is 6.36. The van der Waals surface area contributed by atoms with Gasteiger partial charge in [0.2, 0.25) is 0 Å². The van der Waals surface area contributed by atoms with E-state index in [2.05, 4.69) is 95.7 Å². The topological polar surface area (TPSA) is 31.4 Å². The fraction of sp³-hybridized carbons (Fsp3) is 0.303. The molecule has 2 heterocycles. The van der Waals surface area contributed by atoms with Crippen molar-refractivity contribution in [3.8, 4) is 0 Å². The van der Waals surface area contributed by atoms with Gasteiger partial charge >= 0.3 is 0 Å². The lowest BCUT2D eigenvalue weighted by Gasteiger charge is -2.45. The number of fused-ring (bicyclic) bond motifs is 1. The molecule has 0 saturated carbocycles. The Morgan fingerprint density at radius 2 is 1.77 bits per heavy atom. The van der Waals surface area contributed by atoms with Gasteiger partial charge in [-0.3, -0.25) is 9.88 Å². The van der Waals surface area contributed by atoms with Crippen molar-refractivity contribution in [3.05, 3.63) is 107 Å². The number of nitrogens with one attached hydrogen (secondary N) is 1. The molecular weight excluding hydrogens is 522 g/mol. The molecule has 1 aliphatic rings. The molecule has 7 heteroatoms. The van der Waals surface area contributed by atoms with Crippen LogP contribution in [0.15, 0.2) is 83.4 Å². The highest BCUT2D eigenvalue weighted by Crippen LogP contribution is 2.33. The van der Waals surface area contributed by atoms with Gasteiger partial charge in [-0.15, -0.1) is 0 Å². The first-order chi connectivity index (χ1) is 19.2. The van der Waals surface area contributed by atoms with Gasteiger partial charge in [0.15, 0.2) is 11.6 Å². The van der Waals surface area contributed by atoms with Crippen molar-refractivity contribution in [2.24, 2.45) is 0 Å². The minimum Gasteiger partial charge on any atom is -0.366 e. The van der Waals surface area contributed by atoms with Crippen LogP contribution in [0.5, 0.6) is 0 Å². The van der Waals surface area contributed by atoms with E-state index in [0.717, 1.165) is 46.7 Å². The third kappa shape index (κ3) is 5.86. The molecule has 3 aromatic carbocycles. The molecule has 0 amide bonds. The highest BCUT2D eigenvalue weighted by Gasteiger charge is 2.30. The lowest BCUT2D eigenvalue weighted by Crippen LogP contribution is -2.51. The molecule has 0 radical (unpaired) electrons. The SMILES string of the molecule is CC(C)=C(c1ccc(NSc2cccc3cccnc23)cc1)N1CCN(C(C)c2cc(C)c(F)c(F)c2)CC1C. The Kier molecular flexibility index (Phi) is 8.43. The average molecular weight is 559 g/mol. The molecule has 1 aliphatic heterocycles. The number of aryl methyl sites for hydroxylation is 1. The van der Waals surface area contributed by atoms with Gasteiger partial charge in [-0.25, -0.2) is 8.78 Å². The standard InChI is InChI=1S/C33H36F2N4S/c1-21(2)33(39-17-16-38(20-23(39)4)24(5)27-18-22(3)31(35)29(34)19-27)26-11-13-28(14-12-26)37-40-30-10-6-8-25-9-7-15-36-32(25)30/h6-15,18-19,23-24,37H,16-17,20H2,1-5H3. The molecule has 2 atom stereocenters. The summed E-state index contributed by atoms with van der Waals surface area (Å²) in [5, 5.41) is 1.13. The first-order valence-electron chi connectivity index (χ1n) is 13.7. The molecule has 4 nitrogen and oxygen atoms in total. The Morgan fingerprint density at radius 3 is 2.48 bits per heavy atom. The van der Waals surface area contributed by atoms with Gasteiger partial charge < -0.3 is 9.62 Å². The number of anilines is 1. The van der Waals surface area contributed by atoms with Crippen LogP contribution in [0.4, 0.5) is 14.5 Å². The first-order valence-corrected chi connectivity index (χ1v) is 14.6. The maximum Gasteiger partial charge on any atom is 0.161 e. The Labute approximate surface area is 240 Å². The van der Waals surface area contributed by atoms with Gasteiger partial charge in [0.25, 0.3) is 0 Å². The third-order valence-corrected chi connectivity index (χ3v) is 8.60. The minimum absolute atomic E-state index is 0.00773. The van der Waals surface area contributed by atoms with Crippen LogP contribution in [-0.2, 0) is 0 Å². The molecule has 0 aliphatic carbocycles. The summed E-state index contributed by atoms with van der Waals surface area (Å²) < 4.78 is 31.4. The molecule has 1 N–H and O–H groups in total. The highest BCUT2D eigenvalue weighted by molar-refractivity contribution is 8.00. The van der Waals surface area contributed by atoms with Crippen molar-refractivity contribution in [1.82, 2.24) is 14.8 Å². The highest BCUT2D eigenvalue weighted by atomic mass is 32.2. The molecule has 0 bridgehead atoms. The summed E-state index contributed by atoms with van der Waals surface area (Å²) >= 11 is 1.57. The van der Waals surface area contributed by atoms with Gasteiger partial charge in [-0.2, -0.15) is 0 Å². The number of piperazine rings is 1. The Hall–Kier alpha value is -3.42. The molecular formula is C33H36F2N4S. The smallest absolute Gasteiger partial charge is 0.161 e. The van der Waals surface area contributed by atoms with Crippen LogP contribution in [0.2, 0.25) is 0 Å². The van der Waals surface area contributed by atoms with Gasteiger partial charge in [0, 0.05) is 54.7 Å². The number of benzene rings is 3. The summed E-state index contributed by atoms with van der Waals surface area (Å²) in [6.07, 6.45) is 1.83. The number of nitrogens with zero attached hydrogens (tertiary/aromatic N) is 3. The normalized spacial score (nSPS) is 16.7. The third-order valence-electron chi connectivity index (χ3n) is 7.72. The Morgan fingerprint density at radius 1 is 1.02 bits per heavy atom. The van der Waals surface area contributed by atoms with E-state index >= 15 is 0 Å². The Bertz CT molecular complexity index is 1500. The largest absolute Gasteiger partial charge is 0.366 e. The second-order valence-corrected chi connectivity index (χ2v) is 11.7. The van der Waals surface area contributed by atoms with Gasteiger partial charge in [0.05, 0.1) is 10.4 Å². The van der Waals surface area contributed by atoms with Crippen molar-refractivity contribution in [2.75, 3.05) is 24.4 Å². The molecule has 4 aromatic rings. The number of pyridine rings is 1. The lowest BCUT2D eigenvalue weighted by atomic mass is 9.99. The van der Waals surface area contributed by atoms with Crippen LogP contribution in [0, 0.1) is 18.6 Å². The van der Waals surface area contributed by atoms with E-state index in [1.54, 1.807) is 24.9 Å². The number of rotatable bonds is 7. The predicted octanol–water partition coefficient (Wildman–Crippen LogP) is 8.46. The maximum atomic E-state index is 14.1. The summed E-state index contributed by atoms with van der Waals surface area (Å²) in [4.78, 5) is 10.5. The summed E-state index contributed by atoms with van der Waals surface area (Å²) in [6, 6.07) is 22.2. The van der Waals surface area contributed by atoms with Crippen LogP contribution in [0.1, 0.15) is 50.4 Å². The van der Waals surface area contributed by atoms with E-state index in [1.165, 1.54) is 22.9 Å². The molecule has 40 heavy (non-hydrogen) atoms. The van der Waals surface area contributed by atoms with E-state index in [1.807, 2.05) is 12.3 Å². The summed E-state index contributed by atoms with van der Waals surface area (Å²) in [7, 11) is 0. The van der Waals surface area contributed by atoms with Crippen molar-refractivity contribution in [3.63, 3.8) is 0 Å². The molecule has 1 saturated heterocycles. The van der Waals surface area contributed by atoms with Crippen LogP contribution in [0.25, 0.3) is 16.6 Å². The van der Waals surface area contributed by atoms with Gasteiger partial charge in [0.1, 0.15) is 0 Å². The summed E-state index contributed by atoms with van der Waals surface area (Å²) in [6.45, 7) is 12.8. The molecule has 5 rings (SSSR count). The van der Waals surface area contributed by atoms with Crippen LogP contribution >= 0.6 is 11.9 Å². The second-order valence-electron chi connectivity index (χ2n) is 10.8. The molecule has 1 aromatic heterocycles. The predicted molar refractivity (Wildman–Crippen MR) is 163 cm³/mol. The van der Waals surface area contributed by atoms with Crippen molar-refractivity contribution < 1.29 is 8.78 Å². The van der Waals surface area contributed by atoms with Gasteiger partial charge in [-0.1, -0.05) is 42.0 Å². The number of para-hydroxylation sites is 1. The van der Waals surface area contributed by atoms with E-state index in [-0.39, 0.29) is 12.1 Å². The number of aromatic nitrogens is 1. The van der Waals surface area contributed by atoms with Crippen LogP contribution in [-0.4, -0.2) is 40.5 Å². The number of hydrogen-bond donors (Lipinski definition) is 1. The molecule has 1 fully saturated rings. The van der Waals surface area contributed by atoms with E-state index in [9.17, 15) is 8.78 Å². The zero-order chi connectivity index (χ0) is 28.4. The number of halogens is 2. The summed E-state index contributed by atoms with van der Waals surface area (Å²) in [5.41, 5.74) is 6.90. The van der Waals surface area contributed by atoms with E-state index in [0.29, 0.717) is 5.56 Å². The zero-order valence-electron chi connectivity index (χ0n) is 23.7. The van der Waals surface area contributed by atoms with Crippen molar-refractivity contribution >= 4 is 34.2 Å². The van der Waals surface area contributed by atoms with E-state index < -0.39 is 11.6 Å². The zero-order valence-corrected chi connectivity index (χ0v) is 24.5.